The van der Waals surface area contributed by atoms with Gasteiger partial charge in [0.1, 0.15) is 0 Å². The molecular weight excluding hydrogens is 319 g/mol. The van der Waals surface area contributed by atoms with Crippen molar-refractivity contribution < 1.29 is 4.79 Å². The second-order valence-corrected chi connectivity index (χ2v) is 5.76. The van der Waals surface area contributed by atoms with Gasteiger partial charge in [-0.3, -0.25) is 4.79 Å². The maximum Gasteiger partial charge on any atom is 0.239 e. The highest BCUT2D eigenvalue weighted by molar-refractivity contribution is 6.36. The maximum atomic E-state index is 11.8. The number of anilines is 1. The number of nitrogens with one attached hydrogen (secondary N) is 2. The highest BCUT2D eigenvalue weighted by atomic mass is 35.5. The van der Waals surface area contributed by atoms with Crippen LogP contribution in [0.1, 0.15) is 12.0 Å². The van der Waals surface area contributed by atoms with Crippen LogP contribution < -0.4 is 10.6 Å². The van der Waals surface area contributed by atoms with Crippen LogP contribution in [0.25, 0.3) is 0 Å². The van der Waals surface area contributed by atoms with Crippen LogP contribution in [0.4, 0.5) is 5.69 Å². The standard InChI is InChI=1S/C17H18Cl2N2O/c18-14-8-9-16(15(19)11-14)21-12-17(22)20-10-4-7-13-5-2-1-3-6-13/h1-3,5-6,8-9,11,21H,4,7,10,12H2,(H,20,22). The van der Waals surface area contributed by atoms with Crippen molar-refractivity contribution in [2.24, 2.45) is 0 Å². The van der Waals surface area contributed by atoms with E-state index in [0.717, 1.165) is 12.8 Å². The van der Waals surface area contributed by atoms with Crippen molar-refractivity contribution in [3.05, 3.63) is 64.1 Å². The second kappa shape index (κ2) is 8.66. The van der Waals surface area contributed by atoms with E-state index in [0.29, 0.717) is 22.3 Å². The Bertz CT molecular complexity index is 617. The second-order valence-electron chi connectivity index (χ2n) is 4.92. The van der Waals surface area contributed by atoms with Crippen LogP contribution in [0, 0.1) is 0 Å². The number of benzene rings is 2. The van der Waals surface area contributed by atoms with Gasteiger partial charge in [0.05, 0.1) is 17.3 Å². The summed E-state index contributed by atoms with van der Waals surface area (Å²) < 4.78 is 0. The van der Waals surface area contributed by atoms with Crippen LogP contribution in [0.2, 0.25) is 10.0 Å². The van der Waals surface area contributed by atoms with E-state index >= 15 is 0 Å². The van der Waals surface area contributed by atoms with Gasteiger partial charge in [-0.05, 0) is 36.6 Å². The number of hydrogen-bond acceptors (Lipinski definition) is 2. The fourth-order valence-electron chi connectivity index (χ4n) is 2.04. The maximum absolute atomic E-state index is 11.8. The zero-order valence-corrected chi connectivity index (χ0v) is 13.6. The number of aryl methyl sites for hydroxylation is 1. The summed E-state index contributed by atoms with van der Waals surface area (Å²) in [5.74, 6) is -0.0564. The molecule has 0 saturated carbocycles. The fourth-order valence-corrected chi connectivity index (χ4v) is 2.51. The molecule has 0 atom stereocenters. The predicted octanol–water partition coefficient (Wildman–Crippen LogP) is 4.15. The van der Waals surface area contributed by atoms with E-state index in [1.807, 2.05) is 18.2 Å². The van der Waals surface area contributed by atoms with Gasteiger partial charge in [-0.1, -0.05) is 53.5 Å². The lowest BCUT2D eigenvalue weighted by molar-refractivity contribution is -0.119. The Morgan fingerprint density at radius 1 is 1.05 bits per heavy atom. The number of hydrogen-bond donors (Lipinski definition) is 2. The van der Waals surface area contributed by atoms with E-state index in [9.17, 15) is 4.79 Å². The van der Waals surface area contributed by atoms with Gasteiger partial charge >= 0.3 is 0 Å². The van der Waals surface area contributed by atoms with Crippen LogP contribution in [0.5, 0.6) is 0 Å². The van der Waals surface area contributed by atoms with Crippen LogP contribution in [-0.4, -0.2) is 19.0 Å². The number of rotatable bonds is 7. The third-order valence-electron chi connectivity index (χ3n) is 3.18. The van der Waals surface area contributed by atoms with Gasteiger partial charge < -0.3 is 10.6 Å². The Morgan fingerprint density at radius 2 is 1.82 bits per heavy atom. The Morgan fingerprint density at radius 3 is 2.55 bits per heavy atom. The molecule has 0 fully saturated rings. The minimum Gasteiger partial charge on any atom is -0.375 e. The van der Waals surface area contributed by atoms with Gasteiger partial charge in [0.25, 0.3) is 0 Å². The van der Waals surface area contributed by atoms with Crippen molar-refractivity contribution in [3.8, 4) is 0 Å². The van der Waals surface area contributed by atoms with Gasteiger partial charge in [0.2, 0.25) is 5.91 Å². The van der Waals surface area contributed by atoms with Crippen molar-refractivity contribution >= 4 is 34.8 Å². The lowest BCUT2D eigenvalue weighted by Crippen LogP contribution is -2.30. The summed E-state index contributed by atoms with van der Waals surface area (Å²) in [6.07, 6.45) is 1.87. The summed E-state index contributed by atoms with van der Waals surface area (Å²) in [7, 11) is 0. The van der Waals surface area contributed by atoms with Crippen LogP contribution in [0.15, 0.2) is 48.5 Å². The highest BCUT2D eigenvalue weighted by Crippen LogP contribution is 2.24. The Kier molecular flexibility index (Phi) is 6.56. The molecule has 0 radical (unpaired) electrons. The first-order valence-electron chi connectivity index (χ1n) is 7.15. The molecule has 2 rings (SSSR count). The van der Waals surface area contributed by atoms with Gasteiger partial charge in [-0.2, -0.15) is 0 Å². The minimum atomic E-state index is -0.0564. The van der Waals surface area contributed by atoms with Crippen molar-refractivity contribution in [2.75, 3.05) is 18.4 Å². The molecule has 5 heteroatoms. The van der Waals surface area contributed by atoms with Crippen molar-refractivity contribution in [1.82, 2.24) is 5.32 Å². The third kappa shape index (κ3) is 5.58. The van der Waals surface area contributed by atoms with E-state index in [4.69, 9.17) is 23.2 Å². The molecule has 2 aromatic carbocycles. The zero-order valence-electron chi connectivity index (χ0n) is 12.1. The largest absolute Gasteiger partial charge is 0.375 e. The Labute approximate surface area is 140 Å². The first kappa shape index (κ1) is 16.7. The number of carbonyl (C=O) groups is 1. The SMILES string of the molecule is O=C(CNc1ccc(Cl)cc1Cl)NCCCc1ccccc1. The molecule has 0 aliphatic rings. The Hall–Kier alpha value is -1.71. The third-order valence-corrected chi connectivity index (χ3v) is 3.73. The average molecular weight is 337 g/mol. The monoisotopic (exact) mass is 336 g/mol. The van der Waals surface area contributed by atoms with Crippen LogP contribution in [-0.2, 0) is 11.2 Å². The van der Waals surface area contributed by atoms with Gasteiger partial charge in [-0.25, -0.2) is 0 Å². The predicted molar refractivity (Wildman–Crippen MR) is 92.7 cm³/mol. The minimum absolute atomic E-state index is 0.0564. The summed E-state index contributed by atoms with van der Waals surface area (Å²) >= 11 is 11.9. The molecule has 3 nitrogen and oxygen atoms in total. The molecule has 0 aliphatic heterocycles. The summed E-state index contributed by atoms with van der Waals surface area (Å²) in [6, 6.07) is 15.3. The molecule has 116 valence electrons. The number of halogens is 2. The topological polar surface area (TPSA) is 41.1 Å². The molecule has 22 heavy (non-hydrogen) atoms. The molecule has 0 heterocycles. The molecule has 0 bridgehead atoms. The molecule has 0 spiro atoms. The van der Waals surface area contributed by atoms with E-state index in [1.165, 1.54) is 5.56 Å². The molecule has 0 saturated heterocycles. The summed E-state index contributed by atoms with van der Waals surface area (Å²) in [5.41, 5.74) is 1.98. The van der Waals surface area contributed by atoms with Crippen molar-refractivity contribution in [1.29, 1.82) is 0 Å². The molecule has 1 amide bonds. The van der Waals surface area contributed by atoms with E-state index in [2.05, 4.69) is 22.8 Å². The fraction of sp³-hybridized carbons (Fsp3) is 0.235. The van der Waals surface area contributed by atoms with Crippen molar-refractivity contribution in [2.45, 2.75) is 12.8 Å². The molecule has 0 aromatic heterocycles. The zero-order chi connectivity index (χ0) is 15.8. The van der Waals surface area contributed by atoms with E-state index in [-0.39, 0.29) is 12.5 Å². The molecular formula is C17H18Cl2N2O. The van der Waals surface area contributed by atoms with E-state index < -0.39 is 0 Å². The highest BCUT2D eigenvalue weighted by Gasteiger charge is 2.04. The van der Waals surface area contributed by atoms with Crippen LogP contribution >= 0.6 is 23.2 Å². The smallest absolute Gasteiger partial charge is 0.239 e. The lowest BCUT2D eigenvalue weighted by atomic mass is 10.1. The van der Waals surface area contributed by atoms with Crippen LogP contribution in [0.3, 0.4) is 0 Å². The molecule has 2 aromatic rings. The molecule has 0 aliphatic carbocycles. The summed E-state index contributed by atoms with van der Waals surface area (Å²) in [4.78, 5) is 11.8. The first-order chi connectivity index (χ1) is 10.6. The first-order valence-corrected chi connectivity index (χ1v) is 7.90. The van der Waals surface area contributed by atoms with Gasteiger partial charge in [0, 0.05) is 11.6 Å². The van der Waals surface area contributed by atoms with Gasteiger partial charge in [-0.15, -0.1) is 0 Å². The number of amides is 1. The lowest BCUT2D eigenvalue weighted by Gasteiger charge is -2.09. The van der Waals surface area contributed by atoms with Crippen molar-refractivity contribution in [3.63, 3.8) is 0 Å². The summed E-state index contributed by atoms with van der Waals surface area (Å²) in [6.45, 7) is 0.844. The molecule has 0 unspecified atom stereocenters. The number of carbonyl (C=O) groups excluding carboxylic acids is 1. The quantitative estimate of drug-likeness (QED) is 0.745. The molecule has 2 N–H and O–H groups in total. The Balaban J connectivity index is 1.65. The van der Waals surface area contributed by atoms with E-state index in [1.54, 1.807) is 18.2 Å². The van der Waals surface area contributed by atoms with Gasteiger partial charge in [0.15, 0.2) is 0 Å². The average Bonchev–Trinajstić information content (AvgIpc) is 2.52. The summed E-state index contributed by atoms with van der Waals surface area (Å²) in [5, 5.41) is 6.95. The normalized spacial score (nSPS) is 10.3.